The minimum atomic E-state index is -0.118. The Kier molecular flexibility index (Phi) is 4.06. The van der Waals surface area contributed by atoms with Gasteiger partial charge in [0.25, 0.3) is 0 Å². The first-order valence-corrected chi connectivity index (χ1v) is 6.51. The molecule has 0 aliphatic heterocycles. The molecule has 1 aromatic heterocycles. The van der Waals surface area contributed by atoms with Crippen molar-refractivity contribution in [1.82, 2.24) is 4.90 Å². The Hall–Kier alpha value is -2.02. The predicted octanol–water partition coefficient (Wildman–Crippen LogP) is 2.79. The number of hydrogen-bond acceptors (Lipinski definition) is 3. The van der Waals surface area contributed by atoms with Crippen molar-refractivity contribution in [3.63, 3.8) is 0 Å². The quantitative estimate of drug-likeness (QED) is 0.763. The van der Waals surface area contributed by atoms with Gasteiger partial charge in [-0.1, -0.05) is 6.92 Å². The number of likely N-dealkylation sites (N-methyl/N-ethyl adjacent to an activating group) is 1. The summed E-state index contributed by atoms with van der Waals surface area (Å²) in [5.41, 5.74) is 0. The first-order valence-electron chi connectivity index (χ1n) is 6.51. The fourth-order valence-corrected chi connectivity index (χ4v) is 1.98. The van der Waals surface area contributed by atoms with Crippen LogP contribution in [0, 0.1) is 17.2 Å². The van der Waals surface area contributed by atoms with Gasteiger partial charge in [-0.2, -0.15) is 5.26 Å². The number of carbonyl (C=O) groups is 1. The van der Waals surface area contributed by atoms with E-state index in [1.54, 1.807) is 13.1 Å². The number of amides is 1. The Morgan fingerprint density at radius 3 is 3.00 bits per heavy atom. The van der Waals surface area contributed by atoms with Gasteiger partial charge in [0.15, 0.2) is 0 Å². The second kappa shape index (κ2) is 5.75. The molecule has 1 heterocycles. The first kappa shape index (κ1) is 13.4. The Bertz CT molecular complexity index is 524. The number of nitriles is 1. The molecule has 2 atom stereocenters. The van der Waals surface area contributed by atoms with Gasteiger partial charge < -0.3 is 9.32 Å². The molecule has 1 fully saturated rings. The van der Waals surface area contributed by atoms with Crippen LogP contribution in [0.3, 0.4) is 0 Å². The first-order chi connectivity index (χ1) is 9.11. The summed E-state index contributed by atoms with van der Waals surface area (Å²) in [5.74, 6) is 2.86. The van der Waals surface area contributed by atoms with Crippen molar-refractivity contribution in [1.29, 1.82) is 5.26 Å². The van der Waals surface area contributed by atoms with Gasteiger partial charge in [0.2, 0.25) is 5.91 Å². The zero-order valence-electron chi connectivity index (χ0n) is 11.3. The van der Waals surface area contributed by atoms with Crippen molar-refractivity contribution in [2.24, 2.45) is 5.92 Å². The topological polar surface area (TPSA) is 57.2 Å². The lowest BCUT2D eigenvalue weighted by molar-refractivity contribution is -0.124. The lowest BCUT2D eigenvalue weighted by atomic mass is 10.3. The zero-order valence-corrected chi connectivity index (χ0v) is 11.3. The van der Waals surface area contributed by atoms with E-state index in [0.29, 0.717) is 30.6 Å². The van der Waals surface area contributed by atoms with Crippen LogP contribution in [0.4, 0.5) is 0 Å². The second-order valence-corrected chi connectivity index (χ2v) is 5.06. The molecule has 19 heavy (non-hydrogen) atoms. The molecule has 1 saturated carbocycles. The smallest absolute Gasteiger partial charge is 0.246 e. The van der Waals surface area contributed by atoms with Gasteiger partial charge in [0, 0.05) is 25.6 Å². The minimum absolute atomic E-state index is 0.118. The van der Waals surface area contributed by atoms with Gasteiger partial charge in [-0.3, -0.25) is 4.79 Å². The molecule has 2 rings (SSSR count). The van der Waals surface area contributed by atoms with E-state index in [1.165, 1.54) is 17.4 Å². The molecule has 1 aromatic rings. The van der Waals surface area contributed by atoms with E-state index in [4.69, 9.17) is 9.68 Å². The highest BCUT2D eigenvalue weighted by atomic mass is 16.3. The molecule has 1 amide bonds. The molecular formula is C15H18N2O2. The van der Waals surface area contributed by atoms with Crippen LogP contribution in [0.1, 0.15) is 37.2 Å². The molecule has 4 heteroatoms. The average molecular weight is 258 g/mol. The van der Waals surface area contributed by atoms with Crippen molar-refractivity contribution in [3.05, 3.63) is 29.7 Å². The molecule has 0 N–H and O–H groups in total. The Balaban J connectivity index is 1.89. The van der Waals surface area contributed by atoms with Crippen LogP contribution < -0.4 is 0 Å². The van der Waals surface area contributed by atoms with Gasteiger partial charge in [-0.05, 0) is 30.5 Å². The molecule has 4 nitrogen and oxygen atoms in total. The van der Waals surface area contributed by atoms with E-state index < -0.39 is 0 Å². The maximum Gasteiger partial charge on any atom is 0.246 e. The molecule has 1 aliphatic rings. The summed E-state index contributed by atoms with van der Waals surface area (Å²) in [7, 11) is 1.68. The lowest BCUT2D eigenvalue weighted by Crippen LogP contribution is -2.25. The average Bonchev–Trinajstić information content (AvgIpc) is 2.95. The van der Waals surface area contributed by atoms with E-state index >= 15 is 0 Å². The Morgan fingerprint density at radius 1 is 1.63 bits per heavy atom. The van der Waals surface area contributed by atoms with E-state index in [-0.39, 0.29) is 5.91 Å². The molecule has 0 unspecified atom stereocenters. The number of nitrogens with zero attached hydrogens (tertiary/aromatic N) is 2. The third-order valence-corrected chi connectivity index (χ3v) is 3.45. The Labute approximate surface area is 113 Å². The zero-order chi connectivity index (χ0) is 13.8. The van der Waals surface area contributed by atoms with Crippen molar-refractivity contribution in [2.45, 2.75) is 25.7 Å². The van der Waals surface area contributed by atoms with Crippen LogP contribution in [0.5, 0.6) is 0 Å². The maximum absolute atomic E-state index is 11.7. The summed E-state index contributed by atoms with van der Waals surface area (Å²) in [6.45, 7) is 2.65. The normalized spacial score (nSPS) is 21.3. The van der Waals surface area contributed by atoms with Crippen LogP contribution in [0.15, 0.2) is 22.6 Å². The summed E-state index contributed by atoms with van der Waals surface area (Å²) < 4.78 is 5.68. The van der Waals surface area contributed by atoms with E-state index in [1.807, 2.05) is 18.2 Å². The van der Waals surface area contributed by atoms with Crippen LogP contribution in [0.2, 0.25) is 0 Å². The summed E-state index contributed by atoms with van der Waals surface area (Å²) in [6.07, 6.45) is 4.70. The van der Waals surface area contributed by atoms with Crippen LogP contribution in [0.25, 0.3) is 6.08 Å². The Morgan fingerprint density at radius 2 is 2.37 bits per heavy atom. The molecule has 0 spiro atoms. The third kappa shape index (κ3) is 3.47. The number of furan rings is 1. The highest BCUT2D eigenvalue weighted by molar-refractivity contribution is 5.91. The molecule has 0 aromatic carbocycles. The van der Waals surface area contributed by atoms with Crippen molar-refractivity contribution < 1.29 is 9.21 Å². The molecule has 0 bridgehead atoms. The van der Waals surface area contributed by atoms with E-state index in [9.17, 15) is 4.79 Å². The number of hydrogen-bond donors (Lipinski definition) is 0. The summed E-state index contributed by atoms with van der Waals surface area (Å²) in [6, 6.07) is 5.89. The summed E-state index contributed by atoms with van der Waals surface area (Å²) >= 11 is 0. The minimum Gasteiger partial charge on any atom is -0.461 e. The fraction of sp³-hybridized carbons (Fsp3) is 0.467. The standard InChI is InChI=1S/C15H18N2O2/c1-11-10-13(11)14-6-4-12(19-14)5-7-15(18)17(2)9-3-8-16/h4-7,11,13H,3,9-10H2,1-2H3/b7-5-/t11-,13-/m1/s1. The van der Waals surface area contributed by atoms with Gasteiger partial charge in [0.05, 0.1) is 12.5 Å². The van der Waals surface area contributed by atoms with Crippen LogP contribution >= 0.6 is 0 Å². The molecule has 100 valence electrons. The monoisotopic (exact) mass is 258 g/mol. The van der Waals surface area contributed by atoms with Gasteiger partial charge in [-0.15, -0.1) is 0 Å². The predicted molar refractivity (Wildman–Crippen MR) is 72.1 cm³/mol. The van der Waals surface area contributed by atoms with Crippen molar-refractivity contribution in [3.8, 4) is 6.07 Å². The number of carbonyl (C=O) groups excluding carboxylic acids is 1. The van der Waals surface area contributed by atoms with Crippen molar-refractivity contribution >= 4 is 12.0 Å². The van der Waals surface area contributed by atoms with Gasteiger partial charge in [0.1, 0.15) is 11.5 Å². The highest BCUT2D eigenvalue weighted by Crippen LogP contribution is 2.47. The molecule has 1 aliphatic carbocycles. The van der Waals surface area contributed by atoms with E-state index in [0.717, 1.165) is 5.76 Å². The van der Waals surface area contributed by atoms with Gasteiger partial charge in [-0.25, -0.2) is 0 Å². The largest absolute Gasteiger partial charge is 0.461 e. The molecule has 0 saturated heterocycles. The second-order valence-electron chi connectivity index (χ2n) is 5.06. The lowest BCUT2D eigenvalue weighted by Gasteiger charge is -2.11. The maximum atomic E-state index is 11.7. The summed E-state index contributed by atoms with van der Waals surface area (Å²) in [5, 5.41) is 8.47. The summed E-state index contributed by atoms with van der Waals surface area (Å²) in [4.78, 5) is 13.2. The molecule has 0 radical (unpaired) electrons. The molecular weight excluding hydrogens is 240 g/mol. The van der Waals surface area contributed by atoms with Crippen LogP contribution in [-0.2, 0) is 4.79 Å². The highest BCUT2D eigenvalue weighted by Gasteiger charge is 2.36. The third-order valence-electron chi connectivity index (χ3n) is 3.45. The van der Waals surface area contributed by atoms with Gasteiger partial charge >= 0.3 is 0 Å². The van der Waals surface area contributed by atoms with E-state index in [2.05, 4.69) is 6.92 Å². The van der Waals surface area contributed by atoms with Crippen molar-refractivity contribution in [2.75, 3.05) is 13.6 Å². The van der Waals surface area contributed by atoms with Crippen LogP contribution in [-0.4, -0.2) is 24.4 Å². The fourth-order valence-electron chi connectivity index (χ4n) is 1.98. The number of rotatable bonds is 5. The SMILES string of the molecule is C[C@@H]1C[C@H]1c1ccc(/C=C\C(=O)N(C)CCC#N)o1.